The quantitative estimate of drug-likeness (QED) is 0.154. The summed E-state index contributed by atoms with van der Waals surface area (Å²) in [6.45, 7) is 0.230. The lowest BCUT2D eigenvalue weighted by molar-refractivity contribution is 1.16. The van der Waals surface area contributed by atoms with E-state index >= 15 is 0 Å². The lowest BCUT2D eigenvalue weighted by Gasteiger charge is -2.31. The molecule has 10 aromatic carbocycles. The van der Waals surface area contributed by atoms with E-state index < -0.39 is 0 Å². The zero-order chi connectivity index (χ0) is 46.9. The standard InChI is InChI=1S/C32H17BN2S.C32H19BrN2S/c1-5-13-24-18(9-1)21-17-22-19-10-2-6-14-25(19)35-30(22)28-29(21)34(24)26-15-7-4-12-23(26)33(28)32-31(35)20-11-3-8-16-27(20)36-32;33-25-12-4-7-15-28(25)34-26-13-5-1-9-20(26)23-17-24-21-10-2-6-14-27(21)35(30(24)18-29(23)34)31-19-36-32-16-8-3-11-22(31)32/h1-17H;1-19H. The largest absolute Gasteiger partial charge is 0.310 e. The predicted octanol–water partition coefficient (Wildman–Crippen LogP) is 16.1. The smallest absolute Gasteiger partial charge is 0.264 e. The number of para-hydroxylation sites is 6. The molecule has 2 aliphatic rings. The first-order valence-corrected chi connectivity index (χ1v) is 27.0. The highest BCUT2D eigenvalue weighted by atomic mass is 79.9. The molecule has 0 saturated carbocycles. The zero-order valence-corrected chi connectivity index (χ0v) is 41.6. The van der Waals surface area contributed by atoms with Crippen LogP contribution >= 0.6 is 38.6 Å². The highest BCUT2D eigenvalue weighted by Gasteiger charge is 2.42. The van der Waals surface area contributed by atoms with Crippen LogP contribution in [0.3, 0.4) is 0 Å². The number of benzene rings is 10. The molecular formula is C64H36BBrN4S2. The molecule has 16 aromatic rings. The zero-order valence-electron chi connectivity index (χ0n) is 38.3. The fourth-order valence-corrected chi connectivity index (χ4v) is 15.6. The molecule has 0 atom stereocenters. The van der Waals surface area contributed by atoms with Crippen LogP contribution in [0.4, 0.5) is 0 Å². The van der Waals surface area contributed by atoms with Crippen molar-refractivity contribution in [1.82, 2.24) is 18.3 Å². The van der Waals surface area contributed by atoms with E-state index in [0.29, 0.717) is 0 Å². The first-order valence-electron chi connectivity index (χ1n) is 24.5. The number of aromatic nitrogens is 4. The first-order chi connectivity index (χ1) is 35.7. The van der Waals surface area contributed by atoms with Crippen molar-refractivity contribution < 1.29 is 0 Å². The number of hydrogen-bond donors (Lipinski definition) is 0. The van der Waals surface area contributed by atoms with E-state index in [1.54, 1.807) is 11.3 Å². The van der Waals surface area contributed by atoms with Crippen LogP contribution in [0, 0.1) is 0 Å². The van der Waals surface area contributed by atoms with Crippen molar-refractivity contribution in [2.24, 2.45) is 0 Å². The molecule has 0 amide bonds. The van der Waals surface area contributed by atoms with E-state index in [-0.39, 0.29) is 6.71 Å². The molecule has 4 nitrogen and oxygen atoms in total. The van der Waals surface area contributed by atoms with Gasteiger partial charge in [0, 0.05) is 83.6 Å². The van der Waals surface area contributed by atoms with Crippen LogP contribution in [-0.4, -0.2) is 25.0 Å². The van der Waals surface area contributed by atoms with Crippen LogP contribution in [0.2, 0.25) is 0 Å². The van der Waals surface area contributed by atoms with Gasteiger partial charge in [-0.15, -0.1) is 22.7 Å². The Morgan fingerprint density at radius 1 is 0.347 bits per heavy atom. The van der Waals surface area contributed by atoms with Crippen molar-refractivity contribution in [1.29, 1.82) is 0 Å². The number of hydrogen-bond acceptors (Lipinski definition) is 2. The molecule has 6 aromatic heterocycles. The van der Waals surface area contributed by atoms with Gasteiger partial charge in [0.05, 0.1) is 61.2 Å². The lowest BCUT2D eigenvalue weighted by Crippen LogP contribution is -2.58. The van der Waals surface area contributed by atoms with Crippen LogP contribution in [0.25, 0.3) is 130 Å². The molecule has 334 valence electrons. The minimum absolute atomic E-state index is 0.230. The summed E-state index contributed by atoms with van der Waals surface area (Å²) in [6.07, 6.45) is 0. The van der Waals surface area contributed by atoms with Gasteiger partial charge in [0.15, 0.2) is 0 Å². The van der Waals surface area contributed by atoms with E-state index in [2.05, 4.69) is 252 Å². The fourth-order valence-electron chi connectivity index (χ4n) is 12.9. The predicted molar refractivity (Wildman–Crippen MR) is 313 cm³/mol. The van der Waals surface area contributed by atoms with Crippen molar-refractivity contribution in [3.63, 3.8) is 0 Å². The first kappa shape index (κ1) is 39.6. The highest BCUT2D eigenvalue weighted by Crippen LogP contribution is 2.45. The Morgan fingerprint density at radius 2 is 0.819 bits per heavy atom. The maximum absolute atomic E-state index is 3.82. The second kappa shape index (κ2) is 14.5. The van der Waals surface area contributed by atoms with Gasteiger partial charge < -0.3 is 18.3 Å². The number of rotatable bonds is 2. The summed E-state index contributed by atoms with van der Waals surface area (Å²) in [6, 6.07) is 77.8. The molecule has 0 radical (unpaired) electrons. The van der Waals surface area contributed by atoms with Gasteiger partial charge in [-0.05, 0) is 99.7 Å². The molecule has 0 unspecified atom stereocenters. The Morgan fingerprint density at radius 3 is 1.49 bits per heavy atom. The molecule has 0 aliphatic carbocycles. The van der Waals surface area contributed by atoms with Crippen LogP contribution < -0.4 is 15.7 Å². The normalized spacial score (nSPS) is 12.8. The van der Waals surface area contributed by atoms with Crippen LogP contribution in [0.15, 0.2) is 222 Å². The van der Waals surface area contributed by atoms with Crippen LogP contribution in [0.5, 0.6) is 0 Å². The lowest BCUT2D eigenvalue weighted by atomic mass is 9.37. The van der Waals surface area contributed by atoms with Gasteiger partial charge in [0.2, 0.25) is 0 Å². The van der Waals surface area contributed by atoms with E-state index in [9.17, 15) is 0 Å². The molecule has 0 saturated heterocycles. The maximum atomic E-state index is 3.82. The van der Waals surface area contributed by atoms with E-state index in [4.69, 9.17) is 0 Å². The molecular weight excluding hydrogens is 980 g/mol. The Balaban J connectivity index is 0.000000120. The van der Waals surface area contributed by atoms with Gasteiger partial charge in [0.25, 0.3) is 6.71 Å². The van der Waals surface area contributed by atoms with E-state index in [1.165, 1.54) is 140 Å². The van der Waals surface area contributed by atoms with Gasteiger partial charge in [-0.1, -0.05) is 140 Å². The van der Waals surface area contributed by atoms with Gasteiger partial charge in [0.1, 0.15) is 0 Å². The summed E-state index contributed by atoms with van der Waals surface area (Å²) >= 11 is 7.59. The average Bonchev–Trinajstić information content (AvgIpc) is 4.29. The van der Waals surface area contributed by atoms with Gasteiger partial charge >= 0.3 is 0 Å². The minimum atomic E-state index is 0.230. The molecule has 18 rings (SSSR count). The number of fused-ring (bicyclic) bond motifs is 21. The molecule has 72 heavy (non-hydrogen) atoms. The van der Waals surface area contributed by atoms with Crippen molar-refractivity contribution in [2.45, 2.75) is 0 Å². The van der Waals surface area contributed by atoms with Crippen molar-refractivity contribution >= 4 is 168 Å². The van der Waals surface area contributed by atoms with Crippen molar-refractivity contribution in [3.05, 3.63) is 222 Å². The summed E-state index contributed by atoms with van der Waals surface area (Å²) in [5.74, 6) is 0. The number of halogens is 1. The van der Waals surface area contributed by atoms with E-state index in [0.717, 1.165) is 10.2 Å². The molecule has 0 N–H and O–H groups in total. The molecule has 8 heterocycles. The minimum Gasteiger partial charge on any atom is -0.310 e. The Bertz CT molecular complexity index is 5040. The Kier molecular flexibility index (Phi) is 7.96. The van der Waals surface area contributed by atoms with Crippen molar-refractivity contribution in [2.75, 3.05) is 0 Å². The van der Waals surface area contributed by atoms with Crippen LogP contribution in [-0.2, 0) is 0 Å². The topological polar surface area (TPSA) is 19.7 Å². The van der Waals surface area contributed by atoms with E-state index in [1.807, 2.05) is 11.3 Å². The monoisotopic (exact) mass is 1010 g/mol. The Labute approximate surface area is 428 Å². The second-order valence-electron chi connectivity index (χ2n) is 19.3. The molecule has 0 spiro atoms. The molecule has 0 fully saturated rings. The Hall–Kier alpha value is -8.14. The number of nitrogens with zero attached hydrogens (tertiary/aromatic N) is 4. The third kappa shape index (κ3) is 5.06. The third-order valence-electron chi connectivity index (χ3n) is 15.7. The fraction of sp³-hybridized carbons (Fsp3) is 0. The van der Waals surface area contributed by atoms with Gasteiger partial charge in [-0.2, -0.15) is 0 Å². The maximum Gasteiger partial charge on any atom is 0.264 e. The molecule has 8 heteroatoms. The molecule has 2 aliphatic heterocycles. The summed E-state index contributed by atoms with van der Waals surface area (Å²) in [5.41, 5.74) is 18.2. The SMILES string of the molecule is Brc1ccccc1-n1c2ccccc2c2cc3c4ccccc4n(-c4csc5ccccc45)c3cc21.c1ccc2c(c1)B1c3sc4ccccc4c3-n3c4ccccc4c4cc5c6ccccc6n-2c5c1c43. The van der Waals surface area contributed by atoms with Crippen LogP contribution in [0.1, 0.15) is 0 Å². The summed E-state index contributed by atoms with van der Waals surface area (Å²) in [4.78, 5) is 0. The highest BCUT2D eigenvalue weighted by molar-refractivity contribution is 9.10. The van der Waals surface area contributed by atoms with Gasteiger partial charge in [-0.25, -0.2) is 0 Å². The summed E-state index contributed by atoms with van der Waals surface area (Å²) in [7, 11) is 0. The summed E-state index contributed by atoms with van der Waals surface area (Å²) in [5, 5.41) is 15.4. The second-order valence-corrected chi connectivity index (χ2v) is 22.1. The number of thiophene rings is 2. The molecule has 0 bridgehead atoms. The van der Waals surface area contributed by atoms with Crippen molar-refractivity contribution in [3.8, 4) is 22.7 Å². The average molecular weight is 1020 g/mol. The third-order valence-corrected chi connectivity index (χ3v) is 18.6. The summed E-state index contributed by atoms with van der Waals surface area (Å²) < 4.78 is 15.2. The van der Waals surface area contributed by atoms with Gasteiger partial charge in [-0.3, -0.25) is 0 Å².